The second kappa shape index (κ2) is 4.40. The Hall–Kier alpha value is -0.760. The molecule has 1 aromatic rings. The molecule has 0 saturated carbocycles. The molecule has 1 fully saturated rings. The summed E-state index contributed by atoms with van der Waals surface area (Å²) in [6, 6.07) is 6.07. The highest BCUT2D eigenvalue weighted by atomic mass is 32.2. The van der Waals surface area contributed by atoms with Crippen LogP contribution < -0.4 is 0 Å². The molecular weight excluding hydrogens is 204 g/mol. The molecule has 1 aromatic carbocycles. The molecule has 1 aliphatic heterocycles. The number of carbonyl (C=O) groups is 1. The normalized spacial score (nSPS) is 20.5. The largest absolute Gasteiger partial charge is 0.293 e. The van der Waals surface area contributed by atoms with Crippen molar-refractivity contribution in [3.8, 4) is 0 Å². The molecule has 1 nitrogen and oxygen atoms in total. The van der Waals surface area contributed by atoms with Gasteiger partial charge in [0.05, 0.1) is 5.25 Å². The summed E-state index contributed by atoms with van der Waals surface area (Å²) in [6.45, 7) is 4.06. The van der Waals surface area contributed by atoms with Crippen molar-refractivity contribution in [3.63, 3.8) is 0 Å². The van der Waals surface area contributed by atoms with Gasteiger partial charge in [0.1, 0.15) is 0 Å². The number of hydrogen-bond acceptors (Lipinski definition) is 2. The lowest BCUT2D eigenvalue weighted by Crippen LogP contribution is -2.16. The molecule has 0 aromatic heterocycles. The second-order valence-electron chi connectivity index (χ2n) is 4.13. The van der Waals surface area contributed by atoms with Gasteiger partial charge in [-0.2, -0.15) is 11.8 Å². The predicted molar refractivity (Wildman–Crippen MR) is 65.7 cm³/mol. The zero-order chi connectivity index (χ0) is 10.8. The lowest BCUT2D eigenvalue weighted by atomic mass is 9.96. The summed E-state index contributed by atoms with van der Waals surface area (Å²) < 4.78 is 0. The fourth-order valence-corrected chi connectivity index (χ4v) is 3.37. The monoisotopic (exact) mass is 220 g/mol. The van der Waals surface area contributed by atoms with Crippen LogP contribution in [0.2, 0.25) is 0 Å². The molecule has 15 heavy (non-hydrogen) atoms. The van der Waals surface area contributed by atoms with Crippen LogP contribution >= 0.6 is 11.8 Å². The molecule has 80 valence electrons. The smallest absolute Gasteiger partial charge is 0.176 e. The second-order valence-corrected chi connectivity index (χ2v) is 5.44. The third-order valence-corrected chi connectivity index (χ3v) is 4.33. The van der Waals surface area contributed by atoms with Gasteiger partial charge in [0, 0.05) is 5.56 Å². The van der Waals surface area contributed by atoms with E-state index >= 15 is 0 Å². The van der Waals surface area contributed by atoms with E-state index in [4.69, 9.17) is 0 Å². The summed E-state index contributed by atoms with van der Waals surface area (Å²) in [6.07, 6.45) is 2.24. The topological polar surface area (TPSA) is 17.1 Å². The van der Waals surface area contributed by atoms with Gasteiger partial charge in [-0.3, -0.25) is 4.79 Å². The van der Waals surface area contributed by atoms with Crippen molar-refractivity contribution in [1.29, 1.82) is 0 Å². The lowest BCUT2D eigenvalue weighted by Gasteiger charge is -2.12. The minimum absolute atomic E-state index is 0.213. The first-order chi connectivity index (χ1) is 7.20. The van der Waals surface area contributed by atoms with Crippen molar-refractivity contribution in [2.24, 2.45) is 0 Å². The summed E-state index contributed by atoms with van der Waals surface area (Å²) in [7, 11) is 0. The fraction of sp³-hybridized carbons (Fsp3) is 0.462. The van der Waals surface area contributed by atoms with Gasteiger partial charge in [-0.15, -0.1) is 0 Å². The number of benzene rings is 1. The molecule has 0 spiro atoms. The molecule has 1 heterocycles. The van der Waals surface area contributed by atoms with E-state index < -0.39 is 0 Å². The molecule has 0 amide bonds. The summed E-state index contributed by atoms with van der Waals surface area (Å²) in [5.74, 6) is 1.48. The maximum Gasteiger partial charge on any atom is 0.176 e. The first-order valence-corrected chi connectivity index (χ1v) is 6.47. The zero-order valence-corrected chi connectivity index (χ0v) is 10.1. The van der Waals surface area contributed by atoms with Crippen molar-refractivity contribution >= 4 is 17.5 Å². The summed E-state index contributed by atoms with van der Waals surface area (Å²) >= 11 is 1.81. The Labute approximate surface area is 95.3 Å². The molecule has 0 N–H and O–H groups in total. The first kappa shape index (κ1) is 10.7. The molecule has 0 radical (unpaired) electrons. The maximum absolute atomic E-state index is 12.3. The highest BCUT2D eigenvalue weighted by Crippen LogP contribution is 2.30. The SMILES string of the molecule is Cc1cccc(C)c1C(=O)C1CCCS1. The Balaban J connectivity index is 2.32. The fourth-order valence-electron chi connectivity index (χ4n) is 2.15. The van der Waals surface area contributed by atoms with E-state index in [0.717, 1.165) is 28.9 Å². The molecule has 0 aliphatic carbocycles. The molecule has 2 rings (SSSR count). The molecule has 1 saturated heterocycles. The van der Waals surface area contributed by atoms with Gasteiger partial charge in [0.15, 0.2) is 5.78 Å². The van der Waals surface area contributed by atoms with Crippen LogP contribution in [0.1, 0.15) is 34.3 Å². The van der Waals surface area contributed by atoms with Gasteiger partial charge < -0.3 is 0 Å². The highest BCUT2D eigenvalue weighted by Gasteiger charge is 2.26. The summed E-state index contributed by atoms with van der Waals surface area (Å²) in [5, 5.41) is 0.213. The zero-order valence-electron chi connectivity index (χ0n) is 9.25. The highest BCUT2D eigenvalue weighted by molar-refractivity contribution is 8.00. The van der Waals surface area contributed by atoms with Crippen LogP contribution in [0.25, 0.3) is 0 Å². The molecule has 0 bridgehead atoms. The van der Waals surface area contributed by atoms with Gasteiger partial charge in [-0.05, 0) is 43.6 Å². The van der Waals surface area contributed by atoms with Crippen LogP contribution in [-0.4, -0.2) is 16.8 Å². The van der Waals surface area contributed by atoms with Crippen LogP contribution in [0.4, 0.5) is 0 Å². The van der Waals surface area contributed by atoms with Gasteiger partial charge in [0.25, 0.3) is 0 Å². The van der Waals surface area contributed by atoms with Gasteiger partial charge in [0.2, 0.25) is 0 Å². The third-order valence-electron chi connectivity index (χ3n) is 2.95. The van der Waals surface area contributed by atoms with Crippen LogP contribution in [0.15, 0.2) is 18.2 Å². The number of ketones is 1. The minimum Gasteiger partial charge on any atom is -0.293 e. The van der Waals surface area contributed by atoms with Crippen molar-refractivity contribution in [1.82, 2.24) is 0 Å². The standard InChI is InChI=1S/C13H16OS/c1-9-5-3-6-10(2)12(9)13(14)11-7-4-8-15-11/h3,5-6,11H,4,7-8H2,1-2H3. The molecule has 2 heteroatoms. The Bertz CT molecular complexity index is 358. The minimum atomic E-state index is 0.213. The number of carbonyl (C=O) groups excluding carboxylic acids is 1. The summed E-state index contributed by atoms with van der Waals surface area (Å²) in [4.78, 5) is 12.3. The number of aryl methyl sites for hydroxylation is 2. The van der Waals surface area contributed by atoms with E-state index in [9.17, 15) is 4.79 Å². The van der Waals surface area contributed by atoms with Crippen molar-refractivity contribution < 1.29 is 4.79 Å². The molecule has 1 atom stereocenters. The predicted octanol–water partition coefficient (Wildman–Crippen LogP) is 3.38. The van der Waals surface area contributed by atoms with Crippen molar-refractivity contribution in [2.75, 3.05) is 5.75 Å². The van der Waals surface area contributed by atoms with Crippen LogP contribution in [0, 0.1) is 13.8 Å². The number of hydrogen-bond donors (Lipinski definition) is 0. The number of thioether (sulfide) groups is 1. The van der Waals surface area contributed by atoms with E-state index in [1.54, 1.807) is 0 Å². The lowest BCUT2D eigenvalue weighted by molar-refractivity contribution is 0.0987. The van der Waals surface area contributed by atoms with E-state index in [2.05, 4.69) is 0 Å². The molecule has 1 unspecified atom stereocenters. The van der Waals surface area contributed by atoms with E-state index in [0.29, 0.717) is 5.78 Å². The Morgan fingerprint density at radius 1 is 1.33 bits per heavy atom. The number of Topliss-reactive ketones (excluding diaryl/α,β-unsaturated/α-hetero) is 1. The van der Waals surface area contributed by atoms with E-state index in [1.165, 1.54) is 6.42 Å². The molecule has 1 aliphatic rings. The number of rotatable bonds is 2. The summed E-state index contributed by atoms with van der Waals surface area (Å²) in [5.41, 5.74) is 3.19. The average molecular weight is 220 g/mol. The Morgan fingerprint density at radius 3 is 2.53 bits per heavy atom. The average Bonchev–Trinajstić information content (AvgIpc) is 2.69. The van der Waals surface area contributed by atoms with Crippen LogP contribution in [0.5, 0.6) is 0 Å². The molecular formula is C13H16OS. The van der Waals surface area contributed by atoms with Crippen molar-refractivity contribution in [2.45, 2.75) is 31.9 Å². The van der Waals surface area contributed by atoms with Crippen molar-refractivity contribution in [3.05, 3.63) is 34.9 Å². The van der Waals surface area contributed by atoms with Crippen LogP contribution in [-0.2, 0) is 0 Å². The maximum atomic E-state index is 12.3. The van der Waals surface area contributed by atoms with E-state index in [1.807, 2.05) is 43.8 Å². The van der Waals surface area contributed by atoms with Gasteiger partial charge in [-0.1, -0.05) is 18.2 Å². The Morgan fingerprint density at radius 2 is 2.00 bits per heavy atom. The quantitative estimate of drug-likeness (QED) is 0.711. The van der Waals surface area contributed by atoms with E-state index in [-0.39, 0.29) is 5.25 Å². The van der Waals surface area contributed by atoms with Gasteiger partial charge >= 0.3 is 0 Å². The first-order valence-electron chi connectivity index (χ1n) is 5.42. The third kappa shape index (κ3) is 2.10. The van der Waals surface area contributed by atoms with Gasteiger partial charge in [-0.25, -0.2) is 0 Å². The van der Waals surface area contributed by atoms with Crippen LogP contribution in [0.3, 0.4) is 0 Å². The Kier molecular flexibility index (Phi) is 3.15.